The van der Waals surface area contributed by atoms with Crippen molar-refractivity contribution in [3.63, 3.8) is 0 Å². The maximum absolute atomic E-state index is 5.28. The highest BCUT2D eigenvalue weighted by Gasteiger charge is 2.33. The largest absolute Gasteiger partial charge is 0.380 e. The molecule has 0 spiro atoms. The zero-order chi connectivity index (χ0) is 12.1. The van der Waals surface area contributed by atoms with Crippen LogP contribution in [0.3, 0.4) is 0 Å². The first-order valence-corrected chi connectivity index (χ1v) is 7.22. The molecule has 2 saturated heterocycles. The van der Waals surface area contributed by atoms with E-state index in [0.29, 0.717) is 11.5 Å². The van der Waals surface area contributed by atoms with Crippen molar-refractivity contribution in [2.24, 2.45) is 5.41 Å². The second kappa shape index (κ2) is 6.17. The van der Waals surface area contributed by atoms with Gasteiger partial charge in [-0.15, -0.1) is 0 Å². The van der Waals surface area contributed by atoms with Crippen LogP contribution in [0.4, 0.5) is 0 Å². The minimum absolute atomic E-state index is 0.394. The molecule has 3 heteroatoms. The van der Waals surface area contributed by atoms with Crippen LogP contribution in [0.1, 0.15) is 46.0 Å². The third-order valence-electron chi connectivity index (χ3n) is 4.08. The van der Waals surface area contributed by atoms with E-state index in [2.05, 4.69) is 24.5 Å². The van der Waals surface area contributed by atoms with E-state index in [1.54, 1.807) is 0 Å². The monoisotopic (exact) mass is 240 g/mol. The SMILES string of the molecule is CC(CC1CCCCCN1)NCC1(C)COC1. The summed E-state index contributed by atoms with van der Waals surface area (Å²) in [4.78, 5) is 0. The Hall–Kier alpha value is -0.120. The molecule has 0 aromatic carbocycles. The summed E-state index contributed by atoms with van der Waals surface area (Å²) in [6, 6.07) is 1.34. The molecular weight excluding hydrogens is 212 g/mol. The Kier molecular flexibility index (Phi) is 4.83. The first kappa shape index (κ1) is 13.3. The van der Waals surface area contributed by atoms with Crippen molar-refractivity contribution in [3.05, 3.63) is 0 Å². The lowest BCUT2D eigenvalue weighted by atomic mass is 9.88. The third kappa shape index (κ3) is 4.23. The average Bonchev–Trinajstić information content (AvgIpc) is 2.52. The molecule has 2 fully saturated rings. The van der Waals surface area contributed by atoms with Crippen LogP contribution in [-0.2, 0) is 4.74 Å². The molecule has 2 rings (SSSR count). The second-order valence-corrected chi connectivity index (χ2v) is 6.32. The van der Waals surface area contributed by atoms with Gasteiger partial charge in [-0.25, -0.2) is 0 Å². The summed E-state index contributed by atoms with van der Waals surface area (Å²) in [5.41, 5.74) is 0.394. The summed E-state index contributed by atoms with van der Waals surface area (Å²) in [6.45, 7) is 8.78. The van der Waals surface area contributed by atoms with Crippen LogP contribution >= 0.6 is 0 Å². The minimum atomic E-state index is 0.394. The lowest BCUT2D eigenvalue weighted by Crippen LogP contribution is -2.49. The molecule has 2 aliphatic rings. The van der Waals surface area contributed by atoms with Crippen LogP contribution in [0.15, 0.2) is 0 Å². The topological polar surface area (TPSA) is 33.3 Å². The van der Waals surface area contributed by atoms with Crippen molar-refractivity contribution >= 4 is 0 Å². The van der Waals surface area contributed by atoms with Crippen molar-refractivity contribution in [1.29, 1.82) is 0 Å². The zero-order valence-corrected chi connectivity index (χ0v) is 11.4. The van der Waals surface area contributed by atoms with Crippen LogP contribution in [-0.4, -0.2) is 38.4 Å². The van der Waals surface area contributed by atoms with Crippen molar-refractivity contribution in [1.82, 2.24) is 10.6 Å². The summed E-state index contributed by atoms with van der Waals surface area (Å²) in [5, 5.41) is 7.35. The molecule has 0 aliphatic carbocycles. The van der Waals surface area contributed by atoms with Crippen molar-refractivity contribution in [2.45, 2.75) is 58.0 Å². The number of hydrogen-bond acceptors (Lipinski definition) is 3. The van der Waals surface area contributed by atoms with Gasteiger partial charge in [0.2, 0.25) is 0 Å². The Balaban J connectivity index is 1.63. The molecule has 17 heavy (non-hydrogen) atoms. The highest BCUT2D eigenvalue weighted by Crippen LogP contribution is 2.25. The van der Waals surface area contributed by atoms with Gasteiger partial charge in [-0.1, -0.05) is 19.8 Å². The molecule has 2 N–H and O–H groups in total. The van der Waals surface area contributed by atoms with Gasteiger partial charge in [0.1, 0.15) is 0 Å². The maximum Gasteiger partial charge on any atom is 0.0554 e. The van der Waals surface area contributed by atoms with Gasteiger partial charge < -0.3 is 15.4 Å². The van der Waals surface area contributed by atoms with Gasteiger partial charge in [-0.05, 0) is 32.7 Å². The number of ether oxygens (including phenoxy) is 1. The maximum atomic E-state index is 5.28. The second-order valence-electron chi connectivity index (χ2n) is 6.32. The normalized spacial score (nSPS) is 30.4. The predicted octanol–water partition coefficient (Wildman–Crippen LogP) is 1.92. The number of hydrogen-bond donors (Lipinski definition) is 2. The summed E-state index contributed by atoms with van der Waals surface area (Å²) in [6.07, 6.45) is 6.77. The molecule has 0 amide bonds. The predicted molar refractivity (Wildman–Crippen MR) is 71.3 cm³/mol. The molecule has 0 aromatic heterocycles. The summed E-state index contributed by atoms with van der Waals surface area (Å²) >= 11 is 0. The van der Waals surface area contributed by atoms with Gasteiger partial charge in [-0.2, -0.15) is 0 Å². The third-order valence-corrected chi connectivity index (χ3v) is 4.08. The van der Waals surface area contributed by atoms with E-state index in [0.717, 1.165) is 25.8 Å². The van der Waals surface area contributed by atoms with Crippen LogP contribution < -0.4 is 10.6 Å². The number of nitrogens with one attached hydrogen (secondary N) is 2. The van der Waals surface area contributed by atoms with E-state index in [9.17, 15) is 0 Å². The lowest BCUT2D eigenvalue weighted by Gasteiger charge is -2.39. The first-order chi connectivity index (χ1) is 8.18. The summed E-state index contributed by atoms with van der Waals surface area (Å²) in [5.74, 6) is 0. The van der Waals surface area contributed by atoms with E-state index in [1.807, 2.05) is 0 Å². The highest BCUT2D eigenvalue weighted by molar-refractivity contribution is 4.85. The fourth-order valence-corrected chi connectivity index (χ4v) is 2.79. The molecule has 0 saturated carbocycles. The Morgan fingerprint density at radius 3 is 2.88 bits per heavy atom. The minimum Gasteiger partial charge on any atom is -0.380 e. The smallest absolute Gasteiger partial charge is 0.0554 e. The van der Waals surface area contributed by atoms with Gasteiger partial charge in [0.15, 0.2) is 0 Å². The van der Waals surface area contributed by atoms with Gasteiger partial charge in [0.25, 0.3) is 0 Å². The van der Waals surface area contributed by atoms with E-state index in [1.165, 1.54) is 38.6 Å². The van der Waals surface area contributed by atoms with Crippen LogP contribution in [0.25, 0.3) is 0 Å². The van der Waals surface area contributed by atoms with Crippen molar-refractivity contribution < 1.29 is 4.74 Å². The molecule has 2 atom stereocenters. The zero-order valence-electron chi connectivity index (χ0n) is 11.4. The molecule has 2 aliphatic heterocycles. The van der Waals surface area contributed by atoms with Crippen LogP contribution in [0.5, 0.6) is 0 Å². The quantitative estimate of drug-likeness (QED) is 0.770. The number of rotatable bonds is 5. The van der Waals surface area contributed by atoms with E-state index in [4.69, 9.17) is 4.74 Å². The van der Waals surface area contributed by atoms with Gasteiger partial charge >= 0.3 is 0 Å². The molecule has 0 aromatic rings. The van der Waals surface area contributed by atoms with Gasteiger partial charge in [0.05, 0.1) is 13.2 Å². The molecule has 0 radical (unpaired) electrons. The fraction of sp³-hybridized carbons (Fsp3) is 1.00. The van der Waals surface area contributed by atoms with Crippen molar-refractivity contribution in [3.8, 4) is 0 Å². The van der Waals surface area contributed by atoms with Crippen LogP contribution in [0, 0.1) is 5.41 Å². The van der Waals surface area contributed by atoms with Crippen molar-refractivity contribution in [2.75, 3.05) is 26.3 Å². The first-order valence-electron chi connectivity index (χ1n) is 7.22. The van der Waals surface area contributed by atoms with E-state index < -0.39 is 0 Å². The standard InChI is InChI=1S/C14H28N2O/c1-12(16-9-14(2)10-17-11-14)8-13-6-4-3-5-7-15-13/h12-13,15-16H,3-11H2,1-2H3. The van der Waals surface area contributed by atoms with Gasteiger partial charge in [-0.3, -0.25) is 0 Å². The molecular formula is C14H28N2O. The van der Waals surface area contributed by atoms with Crippen LogP contribution in [0.2, 0.25) is 0 Å². The molecule has 2 heterocycles. The Morgan fingerprint density at radius 1 is 1.35 bits per heavy atom. The molecule has 3 nitrogen and oxygen atoms in total. The van der Waals surface area contributed by atoms with E-state index >= 15 is 0 Å². The molecule has 100 valence electrons. The van der Waals surface area contributed by atoms with Gasteiger partial charge in [0, 0.05) is 24.0 Å². The summed E-state index contributed by atoms with van der Waals surface area (Å²) < 4.78 is 5.28. The summed E-state index contributed by atoms with van der Waals surface area (Å²) in [7, 11) is 0. The highest BCUT2D eigenvalue weighted by atomic mass is 16.5. The molecule has 2 unspecified atom stereocenters. The Morgan fingerprint density at radius 2 is 2.18 bits per heavy atom. The average molecular weight is 240 g/mol. The molecule has 0 bridgehead atoms. The fourth-order valence-electron chi connectivity index (χ4n) is 2.79. The van der Waals surface area contributed by atoms with E-state index in [-0.39, 0.29) is 0 Å². The Labute approximate surface area is 106 Å². The lowest BCUT2D eigenvalue weighted by molar-refractivity contribution is -0.0999. The Bertz CT molecular complexity index is 220.